The first-order valence-corrected chi connectivity index (χ1v) is 9.00. The molecule has 1 atom stereocenters. The average Bonchev–Trinajstić information content (AvgIpc) is 2.92. The molecule has 0 aliphatic carbocycles. The van der Waals surface area contributed by atoms with E-state index in [4.69, 9.17) is 9.47 Å². The van der Waals surface area contributed by atoms with Crippen LogP contribution in [0.3, 0.4) is 0 Å². The average molecular weight is 382 g/mol. The van der Waals surface area contributed by atoms with Gasteiger partial charge in [0.1, 0.15) is 0 Å². The van der Waals surface area contributed by atoms with Gasteiger partial charge in [-0.1, -0.05) is 47.7 Å². The highest BCUT2D eigenvalue weighted by molar-refractivity contribution is 6.18. The number of anilines is 1. The van der Waals surface area contributed by atoms with Crippen molar-refractivity contribution in [1.29, 1.82) is 0 Å². The number of para-hydroxylation sites is 1. The summed E-state index contributed by atoms with van der Waals surface area (Å²) in [6.07, 6.45) is 0. The van der Waals surface area contributed by atoms with Gasteiger partial charge in [0.2, 0.25) is 0 Å². The fraction of sp³-hybridized carbons (Fsp3) is 0.286. The van der Waals surface area contributed by atoms with Gasteiger partial charge in [0.15, 0.2) is 17.2 Å². The van der Waals surface area contributed by atoms with Gasteiger partial charge in [0.25, 0.3) is 0 Å². The standard InChI is InChI=1S/C21H20NO6/c1-3-27-19(24)17(20(25)28-4-2)21(14-10-6-5-7-11-14)18(23)15-12-8-9-13-16(15)22(21)26/h5-13,17H,3-4H2,1-2H3. The number of ether oxygens (including phenoxy) is 2. The first-order chi connectivity index (χ1) is 13.5. The van der Waals surface area contributed by atoms with Crippen LogP contribution in [0.1, 0.15) is 29.8 Å². The second-order valence-corrected chi connectivity index (χ2v) is 6.21. The molecule has 2 aromatic carbocycles. The van der Waals surface area contributed by atoms with Crippen molar-refractivity contribution < 1.29 is 29.1 Å². The third-order valence-electron chi connectivity index (χ3n) is 4.71. The van der Waals surface area contributed by atoms with Crippen LogP contribution in [0.15, 0.2) is 54.6 Å². The van der Waals surface area contributed by atoms with Gasteiger partial charge >= 0.3 is 11.9 Å². The van der Waals surface area contributed by atoms with Crippen LogP contribution in [0, 0.1) is 5.92 Å². The first-order valence-electron chi connectivity index (χ1n) is 9.00. The van der Waals surface area contributed by atoms with E-state index in [2.05, 4.69) is 0 Å². The molecule has 0 amide bonds. The largest absolute Gasteiger partial charge is 0.465 e. The van der Waals surface area contributed by atoms with Crippen LogP contribution in [0.25, 0.3) is 0 Å². The molecule has 0 saturated heterocycles. The Morgan fingerprint density at radius 3 is 2.00 bits per heavy atom. The molecule has 0 fully saturated rings. The number of carbonyl (C=O) groups is 3. The number of benzene rings is 2. The van der Waals surface area contributed by atoms with Gasteiger partial charge < -0.3 is 9.47 Å². The lowest BCUT2D eigenvalue weighted by atomic mass is 9.74. The van der Waals surface area contributed by atoms with Crippen LogP contribution in [-0.2, 0) is 29.8 Å². The molecule has 145 valence electrons. The number of hydrogen-bond acceptors (Lipinski definition) is 6. The Hall–Kier alpha value is -3.19. The number of ketones is 1. The summed E-state index contributed by atoms with van der Waals surface area (Å²) in [6, 6.07) is 14.3. The van der Waals surface area contributed by atoms with E-state index in [1.807, 2.05) is 0 Å². The Kier molecular flexibility index (Phi) is 5.46. The van der Waals surface area contributed by atoms with Gasteiger partial charge in [-0.15, -0.1) is 0 Å². The fourth-order valence-electron chi connectivity index (χ4n) is 3.57. The second-order valence-electron chi connectivity index (χ2n) is 6.21. The molecular weight excluding hydrogens is 362 g/mol. The molecule has 0 aromatic heterocycles. The topological polar surface area (TPSA) is 92.8 Å². The zero-order valence-electron chi connectivity index (χ0n) is 15.6. The number of hydroxylamine groups is 1. The highest BCUT2D eigenvalue weighted by Gasteiger charge is 2.64. The normalized spacial score (nSPS) is 18.1. The molecule has 3 rings (SSSR count). The van der Waals surface area contributed by atoms with E-state index >= 15 is 0 Å². The molecule has 7 heteroatoms. The summed E-state index contributed by atoms with van der Waals surface area (Å²) < 4.78 is 10.1. The molecule has 0 bridgehead atoms. The van der Waals surface area contributed by atoms with Gasteiger partial charge in [-0.05, 0) is 31.5 Å². The summed E-state index contributed by atoms with van der Waals surface area (Å²) in [5, 5.41) is 13.9. The minimum atomic E-state index is -2.14. The number of nitrogens with zero attached hydrogens (tertiary/aromatic N) is 1. The monoisotopic (exact) mass is 382 g/mol. The zero-order chi connectivity index (χ0) is 20.3. The molecule has 0 N–H and O–H groups in total. The fourth-order valence-corrected chi connectivity index (χ4v) is 3.57. The SMILES string of the molecule is CCOC(=O)C(C(=O)OCC)C1(c2ccccc2)C(=O)c2ccccc2N1[O]. The van der Waals surface area contributed by atoms with Crippen molar-refractivity contribution in [2.75, 3.05) is 18.3 Å². The highest BCUT2D eigenvalue weighted by atomic mass is 16.6. The first kappa shape index (κ1) is 19.6. The van der Waals surface area contributed by atoms with Crippen LogP contribution < -0.4 is 5.06 Å². The van der Waals surface area contributed by atoms with Gasteiger partial charge in [0, 0.05) is 5.56 Å². The summed E-state index contributed by atoms with van der Waals surface area (Å²) in [4.78, 5) is 39.2. The maximum absolute atomic E-state index is 13.5. The zero-order valence-corrected chi connectivity index (χ0v) is 15.6. The number of rotatable bonds is 6. The summed E-state index contributed by atoms with van der Waals surface area (Å²) in [5.41, 5.74) is -1.68. The van der Waals surface area contributed by atoms with Gasteiger partial charge in [-0.3, -0.25) is 14.4 Å². The minimum Gasteiger partial charge on any atom is -0.465 e. The Labute approximate surface area is 162 Å². The van der Waals surface area contributed by atoms with E-state index in [9.17, 15) is 19.6 Å². The van der Waals surface area contributed by atoms with E-state index in [0.29, 0.717) is 5.06 Å². The predicted octanol–water partition coefficient (Wildman–Crippen LogP) is 2.67. The lowest BCUT2D eigenvalue weighted by Gasteiger charge is -2.37. The van der Waals surface area contributed by atoms with Crippen molar-refractivity contribution in [3.8, 4) is 0 Å². The van der Waals surface area contributed by atoms with Crippen LogP contribution in [0.4, 0.5) is 5.69 Å². The molecule has 2 aromatic rings. The smallest absolute Gasteiger partial charge is 0.323 e. The second kappa shape index (κ2) is 7.82. The van der Waals surface area contributed by atoms with Crippen molar-refractivity contribution in [1.82, 2.24) is 0 Å². The minimum absolute atomic E-state index is 0.0143. The Morgan fingerprint density at radius 1 is 0.929 bits per heavy atom. The molecule has 0 saturated carbocycles. The molecule has 1 heterocycles. The quantitative estimate of drug-likeness (QED) is 0.563. The number of carbonyl (C=O) groups excluding carboxylic acids is 3. The summed E-state index contributed by atoms with van der Waals surface area (Å²) in [7, 11) is 0. The number of fused-ring (bicyclic) bond motifs is 1. The van der Waals surface area contributed by atoms with Crippen LogP contribution in [-0.4, -0.2) is 30.9 Å². The van der Waals surface area contributed by atoms with Crippen LogP contribution in [0.5, 0.6) is 0 Å². The maximum Gasteiger partial charge on any atom is 0.323 e. The molecule has 7 nitrogen and oxygen atoms in total. The number of Topliss-reactive ketones (excluding diaryl/α,β-unsaturated/α-hetero) is 1. The molecule has 28 heavy (non-hydrogen) atoms. The summed E-state index contributed by atoms with van der Waals surface area (Å²) in [6.45, 7) is 3.13. The van der Waals surface area contributed by atoms with E-state index < -0.39 is 29.2 Å². The number of hydrogen-bond donors (Lipinski definition) is 0. The third-order valence-corrected chi connectivity index (χ3v) is 4.71. The van der Waals surface area contributed by atoms with E-state index in [1.54, 1.807) is 56.3 Å². The van der Waals surface area contributed by atoms with Crippen molar-refractivity contribution >= 4 is 23.4 Å². The van der Waals surface area contributed by atoms with Crippen molar-refractivity contribution in [2.24, 2.45) is 5.92 Å². The van der Waals surface area contributed by atoms with Crippen molar-refractivity contribution in [3.05, 3.63) is 65.7 Å². The molecule has 1 aliphatic heterocycles. The van der Waals surface area contributed by atoms with E-state index in [1.165, 1.54) is 12.1 Å². The van der Waals surface area contributed by atoms with Gasteiger partial charge in [-0.2, -0.15) is 5.06 Å². The molecular formula is C21H20NO6. The predicted molar refractivity (Wildman–Crippen MR) is 98.8 cm³/mol. The molecule has 1 aliphatic rings. The molecule has 1 unspecified atom stereocenters. The van der Waals surface area contributed by atoms with Crippen molar-refractivity contribution in [2.45, 2.75) is 19.4 Å². The number of esters is 2. The highest BCUT2D eigenvalue weighted by Crippen LogP contribution is 2.49. The summed E-state index contributed by atoms with van der Waals surface area (Å²) >= 11 is 0. The lowest BCUT2D eigenvalue weighted by Crippen LogP contribution is -2.57. The van der Waals surface area contributed by atoms with E-state index in [-0.39, 0.29) is 30.0 Å². The third kappa shape index (κ3) is 2.84. The maximum atomic E-state index is 13.5. The van der Waals surface area contributed by atoms with Gasteiger partial charge in [-0.25, -0.2) is 0 Å². The Bertz CT molecular complexity index is 879. The molecule has 0 spiro atoms. The Morgan fingerprint density at radius 2 is 1.46 bits per heavy atom. The van der Waals surface area contributed by atoms with Crippen LogP contribution in [0.2, 0.25) is 0 Å². The lowest BCUT2D eigenvalue weighted by molar-refractivity contribution is -0.166. The van der Waals surface area contributed by atoms with Crippen LogP contribution >= 0.6 is 0 Å². The molecule has 1 radical (unpaired) electrons. The van der Waals surface area contributed by atoms with Crippen molar-refractivity contribution in [3.63, 3.8) is 0 Å². The van der Waals surface area contributed by atoms with Gasteiger partial charge in [0.05, 0.1) is 18.9 Å². The Balaban J connectivity index is 2.30. The van der Waals surface area contributed by atoms with E-state index in [0.717, 1.165) is 0 Å². The summed E-state index contributed by atoms with van der Waals surface area (Å²) in [5.74, 6) is -4.37.